The minimum absolute atomic E-state index is 0.247. The molecule has 0 spiro atoms. The molecule has 2 aromatic carbocycles. The maximum Gasteiger partial charge on any atom is 0.141 e. The first-order valence-electron chi connectivity index (χ1n) is 10.5. The first-order chi connectivity index (χ1) is 14.4. The molecule has 1 atom stereocenters. The molecule has 0 saturated heterocycles. The highest BCUT2D eigenvalue weighted by molar-refractivity contribution is 5.94. The van der Waals surface area contributed by atoms with Crippen molar-refractivity contribution in [3.8, 4) is 11.1 Å². The van der Waals surface area contributed by atoms with E-state index in [9.17, 15) is 4.39 Å². The summed E-state index contributed by atoms with van der Waals surface area (Å²) in [6, 6.07) is 11.4. The second-order valence-corrected chi connectivity index (χ2v) is 8.50. The Bertz CT molecular complexity index is 1110. The summed E-state index contributed by atoms with van der Waals surface area (Å²) in [6.45, 7) is 9.20. The molecule has 1 fully saturated rings. The van der Waals surface area contributed by atoms with Crippen LogP contribution < -0.4 is 10.2 Å². The maximum absolute atomic E-state index is 13.5. The molecule has 0 amide bonds. The summed E-state index contributed by atoms with van der Waals surface area (Å²) in [6.07, 6.45) is 2.59. The Hall–Kier alpha value is -3.08. The molecule has 2 heterocycles. The van der Waals surface area contributed by atoms with Crippen LogP contribution in [0.4, 0.5) is 15.8 Å². The van der Waals surface area contributed by atoms with Crippen LogP contribution in [-0.2, 0) is 0 Å². The summed E-state index contributed by atoms with van der Waals surface area (Å²) in [5.41, 5.74) is 7.99. The van der Waals surface area contributed by atoms with Crippen molar-refractivity contribution >= 4 is 16.9 Å². The van der Waals surface area contributed by atoms with Gasteiger partial charge in [0.05, 0.1) is 17.1 Å². The summed E-state index contributed by atoms with van der Waals surface area (Å²) in [7, 11) is 2.18. The molecule has 4 nitrogen and oxygen atoms in total. The van der Waals surface area contributed by atoms with E-state index < -0.39 is 0 Å². The van der Waals surface area contributed by atoms with E-state index in [0.29, 0.717) is 6.04 Å². The number of aryl methyl sites for hydroxylation is 2. The highest BCUT2D eigenvalue weighted by Crippen LogP contribution is 2.46. The Kier molecular flexibility index (Phi) is 4.42. The average molecular weight is 404 g/mol. The summed E-state index contributed by atoms with van der Waals surface area (Å²) >= 11 is 0. The number of rotatable bonds is 4. The molecule has 30 heavy (non-hydrogen) atoms. The van der Waals surface area contributed by atoms with Gasteiger partial charge in [-0.1, -0.05) is 23.9 Å². The van der Waals surface area contributed by atoms with Crippen molar-refractivity contribution in [1.82, 2.24) is 5.16 Å². The number of nitrogens with zero attached hydrogens (tertiary/aromatic N) is 2. The third-order valence-corrected chi connectivity index (χ3v) is 6.49. The minimum atomic E-state index is -0.247. The first-order valence-corrected chi connectivity index (χ1v) is 10.5. The van der Waals surface area contributed by atoms with E-state index in [1.807, 2.05) is 13.8 Å². The predicted molar refractivity (Wildman–Crippen MR) is 119 cm³/mol. The number of anilines is 2. The van der Waals surface area contributed by atoms with Gasteiger partial charge in [0.25, 0.3) is 0 Å². The molecule has 1 saturated carbocycles. The molecule has 5 rings (SSSR count). The van der Waals surface area contributed by atoms with Crippen LogP contribution in [0.3, 0.4) is 0 Å². The highest BCUT2D eigenvalue weighted by Gasteiger charge is 2.37. The first kappa shape index (κ1) is 18.9. The maximum atomic E-state index is 13.5. The Morgan fingerprint density at radius 1 is 1.20 bits per heavy atom. The molecule has 5 heteroatoms. The second-order valence-electron chi connectivity index (χ2n) is 8.50. The van der Waals surface area contributed by atoms with Gasteiger partial charge >= 0.3 is 0 Å². The number of halogens is 1. The van der Waals surface area contributed by atoms with Gasteiger partial charge in [0.1, 0.15) is 11.6 Å². The second kappa shape index (κ2) is 7.01. The molecule has 1 aliphatic carbocycles. The van der Waals surface area contributed by atoms with Crippen LogP contribution in [0.15, 0.2) is 47.5 Å². The van der Waals surface area contributed by atoms with Gasteiger partial charge in [-0.15, -0.1) is 0 Å². The average Bonchev–Trinajstić information content (AvgIpc) is 3.52. The predicted octanol–water partition coefficient (Wildman–Crippen LogP) is 5.80. The van der Waals surface area contributed by atoms with Gasteiger partial charge < -0.3 is 14.7 Å². The van der Waals surface area contributed by atoms with Gasteiger partial charge in [0, 0.05) is 30.8 Å². The van der Waals surface area contributed by atoms with Crippen molar-refractivity contribution in [2.45, 2.75) is 32.7 Å². The van der Waals surface area contributed by atoms with Crippen molar-refractivity contribution in [1.29, 1.82) is 0 Å². The van der Waals surface area contributed by atoms with Gasteiger partial charge in [-0.05, 0) is 73.6 Å². The third-order valence-electron chi connectivity index (χ3n) is 6.49. The SMILES string of the molecule is C=C(c1ccc(F)cc1)c1cc(-c2c(C)noc2C)cc2c1NCC(C1CC1)N2C. The lowest BCUT2D eigenvalue weighted by molar-refractivity contribution is 0.393. The standard InChI is InChI=1S/C25H26FN3O/c1-14(17-7-9-20(26)10-8-17)21-11-19(24-15(2)28-30-16(24)3)12-22-25(21)27-13-23(29(22)4)18-5-6-18/h7-12,18,23,27H,1,5-6,13H2,2-4H3. The van der Waals surface area contributed by atoms with Gasteiger partial charge in [0.15, 0.2) is 0 Å². The van der Waals surface area contributed by atoms with Crippen LogP contribution in [-0.4, -0.2) is 24.8 Å². The largest absolute Gasteiger partial charge is 0.381 e. The molecule has 1 aliphatic heterocycles. The van der Waals surface area contributed by atoms with E-state index in [-0.39, 0.29) is 5.82 Å². The van der Waals surface area contributed by atoms with Crippen molar-refractivity contribution in [3.63, 3.8) is 0 Å². The van der Waals surface area contributed by atoms with Crippen LogP contribution in [0, 0.1) is 25.6 Å². The normalized spacial score (nSPS) is 18.1. The van der Waals surface area contributed by atoms with Gasteiger partial charge in [-0.2, -0.15) is 0 Å². The van der Waals surface area contributed by atoms with E-state index in [0.717, 1.165) is 63.1 Å². The zero-order valence-corrected chi connectivity index (χ0v) is 17.6. The van der Waals surface area contributed by atoms with Crippen LogP contribution in [0.5, 0.6) is 0 Å². The fraction of sp³-hybridized carbons (Fsp3) is 0.320. The molecule has 1 N–H and O–H groups in total. The Balaban J connectivity index is 1.68. The van der Waals surface area contributed by atoms with Gasteiger partial charge in [-0.3, -0.25) is 0 Å². The lowest BCUT2D eigenvalue weighted by Crippen LogP contribution is -2.43. The zero-order valence-electron chi connectivity index (χ0n) is 17.6. The van der Waals surface area contributed by atoms with Crippen molar-refractivity contribution < 1.29 is 8.91 Å². The summed E-state index contributed by atoms with van der Waals surface area (Å²) in [5.74, 6) is 1.31. The van der Waals surface area contributed by atoms with Crippen LogP contribution in [0.1, 0.15) is 35.4 Å². The Labute approximate surface area is 176 Å². The Morgan fingerprint density at radius 2 is 1.93 bits per heavy atom. The van der Waals surface area contributed by atoms with E-state index in [4.69, 9.17) is 4.52 Å². The molecule has 1 aromatic heterocycles. The highest BCUT2D eigenvalue weighted by atomic mass is 19.1. The van der Waals surface area contributed by atoms with Crippen molar-refractivity contribution in [2.75, 3.05) is 23.8 Å². The molecule has 154 valence electrons. The number of benzene rings is 2. The van der Waals surface area contributed by atoms with E-state index >= 15 is 0 Å². The number of fused-ring (bicyclic) bond motifs is 1. The fourth-order valence-electron chi connectivity index (χ4n) is 4.66. The fourth-order valence-corrected chi connectivity index (χ4v) is 4.66. The molecular formula is C25H26FN3O. The van der Waals surface area contributed by atoms with Crippen LogP contribution >= 0.6 is 0 Å². The third kappa shape index (κ3) is 3.09. The molecular weight excluding hydrogens is 377 g/mol. The lowest BCUT2D eigenvalue weighted by atomic mass is 9.90. The van der Waals surface area contributed by atoms with E-state index in [1.54, 1.807) is 12.1 Å². The molecule has 0 radical (unpaired) electrons. The minimum Gasteiger partial charge on any atom is -0.381 e. The number of hydrogen-bond donors (Lipinski definition) is 1. The Morgan fingerprint density at radius 3 is 2.57 bits per heavy atom. The molecule has 1 unspecified atom stereocenters. The van der Waals surface area contributed by atoms with Crippen molar-refractivity contribution in [3.05, 3.63) is 71.4 Å². The molecule has 0 bridgehead atoms. The van der Waals surface area contributed by atoms with Gasteiger partial charge in [-0.25, -0.2) is 4.39 Å². The smallest absolute Gasteiger partial charge is 0.141 e. The summed E-state index contributed by atoms with van der Waals surface area (Å²) in [5, 5.41) is 7.83. The zero-order chi connectivity index (χ0) is 21.0. The van der Waals surface area contributed by atoms with E-state index in [2.05, 4.69) is 41.1 Å². The van der Waals surface area contributed by atoms with Crippen molar-refractivity contribution in [2.24, 2.45) is 5.92 Å². The van der Waals surface area contributed by atoms with Gasteiger partial charge in [0.2, 0.25) is 0 Å². The monoisotopic (exact) mass is 403 g/mol. The van der Waals surface area contributed by atoms with Crippen LogP contribution in [0.25, 0.3) is 16.7 Å². The molecule has 3 aromatic rings. The molecule has 2 aliphatic rings. The van der Waals surface area contributed by atoms with E-state index in [1.165, 1.54) is 25.0 Å². The van der Waals surface area contributed by atoms with Crippen LogP contribution in [0.2, 0.25) is 0 Å². The summed E-state index contributed by atoms with van der Waals surface area (Å²) in [4.78, 5) is 2.41. The summed E-state index contributed by atoms with van der Waals surface area (Å²) < 4.78 is 18.9. The number of hydrogen-bond acceptors (Lipinski definition) is 4. The number of nitrogens with one attached hydrogen (secondary N) is 1. The quantitative estimate of drug-likeness (QED) is 0.598. The number of likely N-dealkylation sites (N-methyl/N-ethyl adjacent to an activating group) is 1. The number of aromatic nitrogens is 1. The lowest BCUT2D eigenvalue weighted by Gasteiger charge is -2.38. The topological polar surface area (TPSA) is 41.3 Å².